The van der Waals surface area contributed by atoms with E-state index in [0.717, 1.165) is 0 Å². The van der Waals surface area contributed by atoms with Gasteiger partial charge in [-0.1, -0.05) is 23.2 Å². The number of ether oxygens (including phenoxy) is 1. The van der Waals surface area contributed by atoms with Crippen molar-refractivity contribution in [2.75, 3.05) is 12.4 Å². The summed E-state index contributed by atoms with van der Waals surface area (Å²) in [5.41, 5.74) is 0. The topological polar surface area (TPSA) is 38.3 Å². The Bertz CT molecular complexity index is 414. The van der Waals surface area contributed by atoms with Gasteiger partial charge in [-0.05, 0) is 18.2 Å². The van der Waals surface area contributed by atoms with Crippen LogP contribution in [0.2, 0.25) is 10.0 Å². The maximum atomic E-state index is 10.9. The average Bonchev–Trinajstić information content (AvgIpc) is 2.63. The smallest absolute Gasteiger partial charge is 0.231 e. The average molecular weight is 278 g/mol. The first-order valence-electron chi connectivity index (χ1n) is 4.64. The first kappa shape index (κ1) is 11.9. The number of halogens is 2. The van der Waals surface area contributed by atoms with E-state index >= 15 is 0 Å². The van der Waals surface area contributed by atoms with Crippen LogP contribution in [0.1, 0.15) is 0 Å². The van der Waals surface area contributed by atoms with Crippen molar-refractivity contribution in [1.29, 1.82) is 0 Å². The van der Waals surface area contributed by atoms with E-state index < -0.39 is 0 Å². The largest absolute Gasteiger partial charge is 0.489 e. The van der Waals surface area contributed by atoms with Crippen LogP contribution < -0.4 is 10.1 Å². The van der Waals surface area contributed by atoms with Crippen LogP contribution in [0.5, 0.6) is 5.75 Å². The van der Waals surface area contributed by atoms with Gasteiger partial charge < -0.3 is 10.1 Å². The Kier molecular flexibility index (Phi) is 3.84. The Labute approximate surface area is 107 Å². The van der Waals surface area contributed by atoms with Crippen molar-refractivity contribution < 1.29 is 9.53 Å². The molecule has 0 aliphatic carbocycles. The lowest BCUT2D eigenvalue weighted by Gasteiger charge is -2.12. The normalized spacial score (nSPS) is 19.6. The number of hydrogen-bond donors (Lipinski definition) is 1. The monoisotopic (exact) mass is 277 g/mol. The fourth-order valence-corrected chi connectivity index (χ4v) is 2.56. The second-order valence-electron chi connectivity index (χ2n) is 3.25. The Morgan fingerprint density at radius 3 is 2.94 bits per heavy atom. The summed E-state index contributed by atoms with van der Waals surface area (Å²) in [6.07, 6.45) is 0. The van der Waals surface area contributed by atoms with Crippen LogP contribution in [-0.2, 0) is 4.79 Å². The SMILES string of the molecule is O=C1CSC(COc2ccc(Cl)cc2Cl)N1. The van der Waals surface area contributed by atoms with Gasteiger partial charge in [0.1, 0.15) is 17.7 Å². The summed E-state index contributed by atoms with van der Waals surface area (Å²) in [5, 5.41) is 3.83. The Balaban J connectivity index is 1.92. The molecule has 1 aliphatic heterocycles. The molecule has 1 unspecified atom stereocenters. The molecule has 0 spiro atoms. The highest BCUT2D eigenvalue weighted by Crippen LogP contribution is 2.28. The van der Waals surface area contributed by atoms with Gasteiger partial charge in [-0.15, -0.1) is 11.8 Å². The summed E-state index contributed by atoms with van der Waals surface area (Å²) in [6.45, 7) is 0.401. The van der Waals surface area contributed by atoms with Crippen molar-refractivity contribution in [3.05, 3.63) is 28.2 Å². The molecule has 3 nitrogen and oxygen atoms in total. The van der Waals surface area contributed by atoms with Crippen LogP contribution in [0.3, 0.4) is 0 Å². The minimum Gasteiger partial charge on any atom is -0.489 e. The lowest BCUT2D eigenvalue weighted by molar-refractivity contribution is -0.118. The predicted molar refractivity (Wildman–Crippen MR) is 66.3 cm³/mol. The molecule has 1 atom stereocenters. The van der Waals surface area contributed by atoms with Gasteiger partial charge in [0.25, 0.3) is 0 Å². The standard InChI is InChI=1S/C10H9Cl2NO2S/c11-6-1-2-8(7(12)3-6)15-4-10-13-9(14)5-16-10/h1-3,10H,4-5H2,(H,13,14). The number of carbonyl (C=O) groups is 1. The van der Waals surface area contributed by atoms with Gasteiger partial charge in [-0.3, -0.25) is 4.79 Å². The van der Waals surface area contributed by atoms with Crippen LogP contribution in [0, 0.1) is 0 Å². The van der Waals surface area contributed by atoms with Gasteiger partial charge in [-0.25, -0.2) is 0 Å². The zero-order valence-corrected chi connectivity index (χ0v) is 10.5. The minimum absolute atomic E-state index is 0.000699. The Morgan fingerprint density at radius 1 is 1.50 bits per heavy atom. The van der Waals surface area contributed by atoms with Crippen LogP contribution in [-0.4, -0.2) is 23.6 Å². The number of thioether (sulfide) groups is 1. The molecule has 2 rings (SSSR count). The lowest BCUT2D eigenvalue weighted by atomic mass is 10.3. The molecule has 1 aliphatic rings. The highest BCUT2D eigenvalue weighted by molar-refractivity contribution is 8.01. The number of carbonyl (C=O) groups excluding carboxylic acids is 1. The van der Waals surface area contributed by atoms with E-state index in [4.69, 9.17) is 27.9 Å². The molecule has 0 saturated carbocycles. The molecule has 1 aromatic rings. The number of nitrogens with one attached hydrogen (secondary N) is 1. The summed E-state index contributed by atoms with van der Waals surface area (Å²) in [5.74, 6) is 1.11. The maximum absolute atomic E-state index is 10.9. The minimum atomic E-state index is -0.000699. The molecule has 86 valence electrons. The quantitative estimate of drug-likeness (QED) is 0.923. The highest BCUT2D eigenvalue weighted by Gasteiger charge is 2.21. The van der Waals surface area contributed by atoms with E-state index in [1.54, 1.807) is 18.2 Å². The molecule has 16 heavy (non-hydrogen) atoms. The molecule has 1 N–H and O–H groups in total. The van der Waals surface area contributed by atoms with E-state index in [0.29, 0.717) is 28.2 Å². The van der Waals surface area contributed by atoms with E-state index in [-0.39, 0.29) is 11.3 Å². The highest BCUT2D eigenvalue weighted by atomic mass is 35.5. The zero-order chi connectivity index (χ0) is 11.5. The predicted octanol–water partition coefficient (Wildman–Crippen LogP) is 2.56. The number of benzene rings is 1. The summed E-state index contributed by atoms with van der Waals surface area (Å²) in [6, 6.07) is 5.05. The lowest BCUT2D eigenvalue weighted by Crippen LogP contribution is -2.29. The molecule has 0 radical (unpaired) electrons. The summed E-state index contributed by atoms with van der Waals surface area (Å²) >= 11 is 13.2. The molecule has 6 heteroatoms. The molecule has 1 fully saturated rings. The van der Waals surface area contributed by atoms with Crippen LogP contribution in [0.25, 0.3) is 0 Å². The van der Waals surface area contributed by atoms with Gasteiger partial charge in [-0.2, -0.15) is 0 Å². The van der Waals surface area contributed by atoms with Gasteiger partial charge in [0.2, 0.25) is 5.91 Å². The van der Waals surface area contributed by atoms with Crippen molar-refractivity contribution in [3.63, 3.8) is 0 Å². The third-order valence-corrected chi connectivity index (χ3v) is 3.64. The van der Waals surface area contributed by atoms with Crippen molar-refractivity contribution in [1.82, 2.24) is 5.32 Å². The molecule has 1 amide bonds. The van der Waals surface area contributed by atoms with Crippen molar-refractivity contribution in [2.24, 2.45) is 0 Å². The zero-order valence-electron chi connectivity index (χ0n) is 8.20. The van der Waals surface area contributed by atoms with Crippen LogP contribution in [0.15, 0.2) is 18.2 Å². The number of rotatable bonds is 3. The molecular formula is C10H9Cl2NO2S. The third kappa shape index (κ3) is 2.97. The Hall–Kier alpha value is -0.580. The fourth-order valence-electron chi connectivity index (χ4n) is 1.29. The van der Waals surface area contributed by atoms with Crippen LogP contribution in [0.4, 0.5) is 0 Å². The van der Waals surface area contributed by atoms with E-state index in [2.05, 4.69) is 5.32 Å². The molecular weight excluding hydrogens is 269 g/mol. The third-order valence-electron chi connectivity index (χ3n) is 2.02. The number of amides is 1. The first-order valence-corrected chi connectivity index (χ1v) is 6.44. The maximum Gasteiger partial charge on any atom is 0.231 e. The van der Waals surface area contributed by atoms with E-state index in [9.17, 15) is 4.79 Å². The number of hydrogen-bond acceptors (Lipinski definition) is 3. The van der Waals surface area contributed by atoms with Gasteiger partial charge in [0, 0.05) is 5.02 Å². The van der Waals surface area contributed by atoms with Crippen molar-refractivity contribution >= 4 is 40.9 Å². The van der Waals surface area contributed by atoms with E-state index in [1.165, 1.54) is 11.8 Å². The van der Waals surface area contributed by atoms with Crippen molar-refractivity contribution in [3.8, 4) is 5.75 Å². The second kappa shape index (κ2) is 5.17. The van der Waals surface area contributed by atoms with Crippen LogP contribution >= 0.6 is 35.0 Å². The second-order valence-corrected chi connectivity index (χ2v) is 5.29. The van der Waals surface area contributed by atoms with Gasteiger partial charge >= 0.3 is 0 Å². The van der Waals surface area contributed by atoms with Gasteiger partial charge in [0.05, 0.1) is 10.8 Å². The summed E-state index contributed by atoms with van der Waals surface area (Å²) < 4.78 is 5.50. The summed E-state index contributed by atoms with van der Waals surface area (Å²) in [7, 11) is 0. The molecule has 1 aromatic carbocycles. The Morgan fingerprint density at radius 2 is 2.31 bits per heavy atom. The molecule has 1 heterocycles. The summed E-state index contributed by atoms with van der Waals surface area (Å²) in [4.78, 5) is 10.9. The van der Waals surface area contributed by atoms with Crippen molar-refractivity contribution in [2.45, 2.75) is 5.37 Å². The molecule has 1 saturated heterocycles. The van der Waals surface area contributed by atoms with Gasteiger partial charge in [0.15, 0.2) is 0 Å². The first-order chi connectivity index (χ1) is 7.65. The van der Waals surface area contributed by atoms with E-state index in [1.807, 2.05) is 0 Å². The molecule has 0 bridgehead atoms. The fraction of sp³-hybridized carbons (Fsp3) is 0.300. The molecule has 0 aromatic heterocycles.